The molecule has 0 atom stereocenters. The summed E-state index contributed by atoms with van der Waals surface area (Å²) in [6.45, 7) is 1.94. The van der Waals surface area contributed by atoms with Gasteiger partial charge in [-0.2, -0.15) is 0 Å². The number of ether oxygens (including phenoxy) is 2. The molecule has 0 saturated heterocycles. The molecule has 1 amide bonds. The Bertz CT molecular complexity index is 1020. The summed E-state index contributed by atoms with van der Waals surface area (Å²) in [6, 6.07) is 14.5. The molecule has 0 saturated carbocycles. The predicted octanol–water partition coefficient (Wildman–Crippen LogP) is 4.84. The summed E-state index contributed by atoms with van der Waals surface area (Å²) < 4.78 is 10.4. The van der Waals surface area contributed by atoms with Gasteiger partial charge in [0.1, 0.15) is 5.69 Å². The van der Waals surface area contributed by atoms with Crippen molar-refractivity contribution in [1.82, 2.24) is 4.98 Å². The number of methoxy groups -OCH3 is 2. The minimum Gasteiger partial charge on any atom is -0.398 e. The van der Waals surface area contributed by atoms with E-state index in [9.17, 15) is 4.79 Å². The molecule has 3 rings (SSSR count). The van der Waals surface area contributed by atoms with E-state index in [0.717, 1.165) is 16.7 Å². The number of carbonyl (C=O) groups is 1. The first-order valence-electron chi connectivity index (χ1n) is 8.93. The lowest BCUT2D eigenvalue weighted by Crippen LogP contribution is -2.15. The fourth-order valence-electron chi connectivity index (χ4n) is 3.02. The Balaban J connectivity index is 1.85. The third kappa shape index (κ3) is 4.40. The molecule has 0 aliphatic carbocycles. The average molecular weight is 412 g/mol. The summed E-state index contributed by atoms with van der Waals surface area (Å²) in [4.78, 5) is 16.8. The third-order valence-electron chi connectivity index (χ3n) is 4.63. The van der Waals surface area contributed by atoms with Crippen LogP contribution in [0.1, 0.15) is 27.9 Å². The Hall–Kier alpha value is -2.93. The fraction of sp³-hybridized carbons (Fsp3) is 0.182. The Morgan fingerprint density at radius 1 is 1.07 bits per heavy atom. The molecule has 29 heavy (non-hydrogen) atoms. The first kappa shape index (κ1) is 20.8. The number of pyridine rings is 1. The number of nitrogens with zero attached hydrogens (tertiary/aromatic N) is 1. The molecule has 2 aromatic carbocycles. The van der Waals surface area contributed by atoms with Crippen LogP contribution in [0.5, 0.6) is 0 Å². The highest BCUT2D eigenvalue weighted by Crippen LogP contribution is 2.36. The number of nitrogens with two attached hydrogens (primary N) is 1. The topological polar surface area (TPSA) is 86.5 Å². The van der Waals surface area contributed by atoms with Gasteiger partial charge in [0.05, 0.1) is 10.7 Å². The molecule has 0 unspecified atom stereocenters. The summed E-state index contributed by atoms with van der Waals surface area (Å²) in [7, 11) is 3.07. The second-order valence-electron chi connectivity index (χ2n) is 6.42. The first-order chi connectivity index (χ1) is 14.0. The molecule has 0 fully saturated rings. The zero-order valence-electron chi connectivity index (χ0n) is 16.4. The number of rotatable bonds is 6. The molecule has 0 bridgehead atoms. The lowest BCUT2D eigenvalue weighted by atomic mass is 9.99. The number of hydrogen-bond acceptors (Lipinski definition) is 5. The zero-order valence-corrected chi connectivity index (χ0v) is 17.2. The summed E-state index contributed by atoms with van der Waals surface area (Å²) in [6.07, 6.45) is 1.01. The second kappa shape index (κ2) is 9.05. The smallest absolute Gasteiger partial charge is 0.274 e. The normalized spacial score (nSPS) is 10.9. The number of halogens is 1. The van der Waals surface area contributed by atoms with Gasteiger partial charge in [-0.05, 0) is 36.2 Å². The Morgan fingerprint density at radius 2 is 1.76 bits per heavy atom. The number of anilines is 2. The highest BCUT2D eigenvalue weighted by Gasteiger charge is 2.16. The molecule has 1 heterocycles. The minimum absolute atomic E-state index is 0.251. The van der Waals surface area contributed by atoms with E-state index in [0.29, 0.717) is 22.0 Å². The van der Waals surface area contributed by atoms with Gasteiger partial charge in [-0.15, -0.1) is 0 Å². The molecule has 1 aromatic heterocycles. The monoisotopic (exact) mass is 411 g/mol. The number of nitrogens with one attached hydrogen (secondary N) is 1. The standard InChI is InChI=1S/C22H22ClN3O3/c1-13-15(6-4-8-17(13)24)16-7-5-9-18(20(16)23)26-21(27)19-11-10-14(12-25-19)22(28-2)29-3/h4-12,22H,24H2,1-3H3,(H,26,27). The lowest BCUT2D eigenvalue weighted by Gasteiger charge is -2.15. The average Bonchev–Trinajstić information content (AvgIpc) is 2.73. The van der Waals surface area contributed by atoms with Crippen molar-refractivity contribution in [3.05, 3.63) is 76.6 Å². The predicted molar refractivity (Wildman–Crippen MR) is 115 cm³/mol. The molecular formula is C22H22ClN3O3. The molecule has 3 N–H and O–H groups in total. The van der Waals surface area contributed by atoms with E-state index < -0.39 is 6.29 Å². The summed E-state index contributed by atoms with van der Waals surface area (Å²) in [5.41, 5.74) is 10.8. The fourth-order valence-corrected chi connectivity index (χ4v) is 3.29. The molecule has 6 nitrogen and oxygen atoms in total. The van der Waals surface area contributed by atoms with Gasteiger partial charge in [0, 0.05) is 37.2 Å². The van der Waals surface area contributed by atoms with Crippen molar-refractivity contribution >= 4 is 28.9 Å². The van der Waals surface area contributed by atoms with Crippen LogP contribution in [-0.2, 0) is 9.47 Å². The number of aromatic nitrogens is 1. The summed E-state index contributed by atoms with van der Waals surface area (Å²) in [5, 5.41) is 3.26. The van der Waals surface area contributed by atoms with Gasteiger partial charge in [-0.3, -0.25) is 9.78 Å². The maximum atomic E-state index is 12.6. The van der Waals surface area contributed by atoms with Crippen LogP contribution in [0, 0.1) is 6.92 Å². The van der Waals surface area contributed by atoms with Crippen molar-refractivity contribution in [2.24, 2.45) is 0 Å². The van der Waals surface area contributed by atoms with Gasteiger partial charge in [-0.25, -0.2) is 0 Å². The highest BCUT2D eigenvalue weighted by atomic mass is 35.5. The van der Waals surface area contributed by atoms with Crippen LogP contribution >= 0.6 is 11.6 Å². The minimum atomic E-state index is -0.535. The third-order valence-corrected chi connectivity index (χ3v) is 5.04. The van der Waals surface area contributed by atoms with Crippen molar-refractivity contribution in [2.75, 3.05) is 25.3 Å². The van der Waals surface area contributed by atoms with Crippen molar-refractivity contribution in [3.8, 4) is 11.1 Å². The van der Waals surface area contributed by atoms with E-state index in [1.807, 2.05) is 37.3 Å². The highest BCUT2D eigenvalue weighted by molar-refractivity contribution is 6.36. The van der Waals surface area contributed by atoms with Crippen LogP contribution in [0.4, 0.5) is 11.4 Å². The van der Waals surface area contributed by atoms with Crippen molar-refractivity contribution in [2.45, 2.75) is 13.2 Å². The molecule has 0 spiro atoms. The van der Waals surface area contributed by atoms with Crippen LogP contribution in [0.25, 0.3) is 11.1 Å². The molecule has 7 heteroatoms. The van der Waals surface area contributed by atoms with Crippen molar-refractivity contribution in [3.63, 3.8) is 0 Å². The summed E-state index contributed by atoms with van der Waals surface area (Å²) in [5.74, 6) is -0.369. The lowest BCUT2D eigenvalue weighted by molar-refractivity contribution is -0.106. The number of carbonyl (C=O) groups excluding carboxylic acids is 1. The Morgan fingerprint density at radius 3 is 2.41 bits per heavy atom. The SMILES string of the molecule is COC(OC)c1ccc(C(=O)Nc2cccc(-c3cccc(N)c3C)c2Cl)nc1. The van der Waals surface area contributed by atoms with Crippen LogP contribution in [-0.4, -0.2) is 25.1 Å². The van der Waals surface area contributed by atoms with E-state index in [1.54, 1.807) is 24.4 Å². The molecular weight excluding hydrogens is 390 g/mol. The van der Waals surface area contributed by atoms with Gasteiger partial charge in [0.15, 0.2) is 6.29 Å². The van der Waals surface area contributed by atoms with E-state index in [4.69, 9.17) is 26.8 Å². The van der Waals surface area contributed by atoms with E-state index in [2.05, 4.69) is 10.3 Å². The van der Waals surface area contributed by atoms with Gasteiger partial charge < -0.3 is 20.5 Å². The molecule has 0 aliphatic heterocycles. The van der Waals surface area contributed by atoms with Crippen molar-refractivity contribution in [1.29, 1.82) is 0 Å². The Labute approximate surface area is 174 Å². The van der Waals surface area contributed by atoms with E-state index in [1.165, 1.54) is 14.2 Å². The second-order valence-corrected chi connectivity index (χ2v) is 6.80. The maximum Gasteiger partial charge on any atom is 0.274 e. The largest absolute Gasteiger partial charge is 0.398 e. The van der Waals surface area contributed by atoms with Gasteiger partial charge in [0.2, 0.25) is 0 Å². The molecule has 0 radical (unpaired) electrons. The van der Waals surface area contributed by atoms with Crippen LogP contribution < -0.4 is 11.1 Å². The van der Waals surface area contributed by atoms with Crippen LogP contribution in [0.15, 0.2) is 54.7 Å². The summed E-state index contributed by atoms with van der Waals surface area (Å²) >= 11 is 6.59. The van der Waals surface area contributed by atoms with Gasteiger partial charge >= 0.3 is 0 Å². The van der Waals surface area contributed by atoms with Crippen LogP contribution in [0.3, 0.4) is 0 Å². The number of hydrogen-bond donors (Lipinski definition) is 2. The number of benzene rings is 2. The first-order valence-corrected chi connectivity index (χ1v) is 9.31. The van der Waals surface area contributed by atoms with Gasteiger partial charge in [-0.1, -0.05) is 41.9 Å². The van der Waals surface area contributed by atoms with Crippen molar-refractivity contribution < 1.29 is 14.3 Å². The van der Waals surface area contributed by atoms with Crippen LogP contribution in [0.2, 0.25) is 5.02 Å². The maximum absolute atomic E-state index is 12.6. The Kier molecular flexibility index (Phi) is 6.49. The molecule has 150 valence electrons. The zero-order chi connectivity index (χ0) is 21.0. The number of amides is 1. The van der Waals surface area contributed by atoms with Gasteiger partial charge in [0.25, 0.3) is 5.91 Å². The van der Waals surface area contributed by atoms with E-state index >= 15 is 0 Å². The van der Waals surface area contributed by atoms with E-state index in [-0.39, 0.29) is 11.6 Å². The number of nitrogen functional groups attached to an aromatic ring is 1. The molecule has 0 aliphatic rings. The molecule has 3 aromatic rings. The quantitative estimate of drug-likeness (QED) is 0.448.